The predicted molar refractivity (Wildman–Crippen MR) is 79.0 cm³/mol. The molecule has 0 radical (unpaired) electrons. The number of carboxylic acid groups (broad SMARTS) is 1. The minimum absolute atomic E-state index is 0.0898. The number of non-ortho nitro benzene ring substituents is 1. The first-order chi connectivity index (χ1) is 9.88. The number of nitro groups is 1. The Bertz CT molecular complexity index is 729. The smallest absolute Gasteiger partial charge is 0.335 e. The van der Waals surface area contributed by atoms with Crippen molar-refractivity contribution in [2.45, 2.75) is 6.92 Å². The molecule has 2 rings (SSSR count). The van der Waals surface area contributed by atoms with Crippen LogP contribution in [0.2, 0.25) is 0 Å². The van der Waals surface area contributed by atoms with E-state index in [4.69, 9.17) is 9.84 Å². The number of hydrogen-bond donors (Lipinski definition) is 1. The maximum Gasteiger partial charge on any atom is 0.335 e. The minimum atomic E-state index is -1.03. The molecule has 21 heavy (non-hydrogen) atoms. The van der Waals surface area contributed by atoms with Crippen molar-refractivity contribution >= 4 is 27.6 Å². The van der Waals surface area contributed by atoms with Crippen molar-refractivity contribution in [2.24, 2.45) is 0 Å². The molecule has 0 heterocycles. The number of aryl methyl sites for hydroxylation is 1. The Morgan fingerprint density at radius 1 is 1.24 bits per heavy atom. The van der Waals surface area contributed by atoms with Crippen LogP contribution in [0, 0.1) is 17.0 Å². The molecule has 2 aromatic rings. The monoisotopic (exact) mass is 351 g/mol. The van der Waals surface area contributed by atoms with Crippen molar-refractivity contribution in [2.75, 3.05) is 0 Å². The molecule has 0 saturated heterocycles. The van der Waals surface area contributed by atoms with Crippen molar-refractivity contribution < 1.29 is 19.6 Å². The highest BCUT2D eigenvalue weighted by atomic mass is 79.9. The van der Waals surface area contributed by atoms with Gasteiger partial charge in [-0.25, -0.2) is 4.79 Å². The van der Waals surface area contributed by atoms with Gasteiger partial charge in [-0.2, -0.15) is 0 Å². The van der Waals surface area contributed by atoms with E-state index in [0.29, 0.717) is 15.8 Å². The summed E-state index contributed by atoms with van der Waals surface area (Å²) >= 11 is 3.26. The van der Waals surface area contributed by atoms with Crippen molar-refractivity contribution in [3.05, 3.63) is 62.1 Å². The first-order valence-electron chi connectivity index (χ1n) is 5.84. The first-order valence-corrected chi connectivity index (χ1v) is 6.63. The highest BCUT2D eigenvalue weighted by molar-refractivity contribution is 9.10. The number of carbonyl (C=O) groups is 1. The summed E-state index contributed by atoms with van der Waals surface area (Å²) in [5.41, 5.74) is 0.680. The molecule has 0 fully saturated rings. The predicted octanol–water partition coefficient (Wildman–Crippen LogP) is 4.16. The molecule has 0 aliphatic rings. The van der Waals surface area contributed by atoms with E-state index in [0.717, 1.165) is 0 Å². The van der Waals surface area contributed by atoms with Gasteiger partial charge >= 0.3 is 5.97 Å². The number of nitro benzene ring substituents is 1. The Morgan fingerprint density at radius 3 is 2.52 bits per heavy atom. The molecule has 0 saturated carbocycles. The summed E-state index contributed by atoms with van der Waals surface area (Å²) < 4.78 is 6.19. The average Bonchev–Trinajstić information content (AvgIpc) is 2.42. The molecular formula is C14H10BrNO5. The Balaban J connectivity index is 2.36. The largest absolute Gasteiger partial charge is 0.478 e. The van der Waals surface area contributed by atoms with Crippen LogP contribution in [0.15, 0.2) is 40.9 Å². The number of nitrogens with zero attached hydrogens (tertiary/aromatic N) is 1. The van der Waals surface area contributed by atoms with Crippen LogP contribution < -0.4 is 4.74 Å². The molecule has 6 nitrogen and oxygen atoms in total. The summed E-state index contributed by atoms with van der Waals surface area (Å²) in [4.78, 5) is 21.1. The van der Waals surface area contributed by atoms with Crippen LogP contribution in [-0.2, 0) is 0 Å². The second-order valence-corrected chi connectivity index (χ2v) is 5.11. The van der Waals surface area contributed by atoms with Gasteiger partial charge in [-0.1, -0.05) is 0 Å². The molecule has 108 valence electrons. The first kappa shape index (κ1) is 15.0. The highest BCUT2D eigenvalue weighted by Crippen LogP contribution is 2.34. The lowest BCUT2D eigenvalue weighted by molar-refractivity contribution is -0.384. The Labute approximate surface area is 128 Å². The van der Waals surface area contributed by atoms with Crippen LogP contribution in [0.1, 0.15) is 15.9 Å². The van der Waals surface area contributed by atoms with Gasteiger partial charge in [-0.05, 0) is 52.7 Å². The lowest BCUT2D eigenvalue weighted by atomic mass is 10.1. The molecular weight excluding hydrogens is 342 g/mol. The molecule has 7 heteroatoms. The fraction of sp³-hybridized carbons (Fsp3) is 0.0714. The van der Waals surface area contributed by atoms with Gasteiger partial charge in [0.15, 0.2) is 0 Å². The Hall–Kier alpha value is -2.41. The zero-order chi connectivity index (χ0) is 15.6. The van der Waals surface area contributed by atoms with E-state index in [2.05, 4.69) is 15.9 Å². The van der Waals surface area contributed by atoms with Crippen LogP contribution in [0.4, 0.5) is 5.69 Å². The Kier molecular flexibility index (Phi) is 4.23. The molecule has 1 N–H and O–H groups in total. The van der Waals surface area contributed by atoms with Crippen molar-refractivity contribution in [1.82, 2.24) is 0 Å². The SMILES string of the molecule is Cc1cc(C(=O)O)ccc1Oc1cc([N+](=O)[O-])ccc1Br. The summed E-state index contributed by atoms with van der Waals surface area (Å²) in [6.07, 6.45) is 0. The average molecular weight is 352 g/mol. The van der Waals surface area contributed by atoms with Gasteiger partial charge < -0.3 is 9.84 Å². The minimum Gasteiger partial charge on any atom is -0.478 e. The van der Waals surface area contributed by atoms with E-state index in [1.807, 2.05) is 0 Å². The topological polar surface area (TPSA) is 89.7 Å². The Morgan fingerprint density at radius 2 is 1.95 bits per heavy atom. The van der Waals surface area contributed by atoms with Crippen LogP contribution in [0.25, 0.3) is 0 Å². The van der Waals surface area contributed by atoms with Crippen LogP contribution in [0.3, 0.4) is 0 Å². The number of benzene rings is 2. The summed E-state index contributed by atoms with van der Waals surface area (Å²) in [7, 11) is 0. The fourth-order valence-corrected chi connectivity index (χ4v) is 2.03. The van der Waals surface area contributed by atoms with Crippen LogP contribution in [0.5, 0.6) is 11.5 Å². The summed E-state index contributed by atoms with van der Waals surface area (Å²) in [5, 5.41) is 19.7. The number of aromatic carboxylic acids is 1. The molecule has 0 bridgehead atoms. The molecule has 0 aromatic heterocycles. The van der Waals surface area contributed by atoms with Gasteiger partial charge in [-0.3, -0.25) is 10.1 Å². The summed E-state index contributed by atoms with van der Waals surface area (Å²) in [5.74, 6) is -0.308. The second kappa shape index (κ2) is 5.92. The van der Waals surface area contributed by atoms with Gasteiger partial charge in [0.25, 0.3) is 5.69 Å². The zero-order valence-corrected chi connectivity index (χ0v) is 12.5. The van der Waals surface area contributed by atoms with E-state index < -0.39 is 10.9 Å². The van der Waals surface area contributed by atoms with Gasteiger partial charge in [0, 0.05) is 6.07 Å². The molecule has 0 atom stereocenters. The highest BCUT2D eigenvalue weighted by Gasteiger charge is 2.13. The van der Waals surface area contributed by atoms with Crippen molar-refractivity contribution in [3.8, 4) is 11.5 Å². The summed E-state index contributed by atoms with van der Waals surface area (Å²) in [6, 6.07) is 8.59. The molecule has 0 aliphatic heterocycles. The lowest BCUT2D eigenvalue weighted by Gasteiger charge is -2.10. The summed E-state index contributed by atoms with van der Waals surface area (Å²) in [6.45, 7) is 1.70. The van der Waals surface area contributed by atoms with E-state index in [1.165, 1.54) is 36.4 Å². The van der Waals surface area contributed by atoms with Gasteiger partial charge in [0.05, 0.1) is 21.0 Å². The van der Waals surface area contributed by atoms with E-state index in [1.54, 1.807) is 6.92 Å². The van der Waals surface area contributed by atoms with E-state index in [9.17, 15) is 14.9 Å². The van der Waals surface area contributed by atoms with Gasteiger partial charge in [0.1, 0.15) is 11.5 Å². The van der Waals surface area contributed by atoms with E-state index >= 15 is 0 Å². The third-order valence-electron chi connectivity index (χ3n) is 2.77. The van der Waals surface area contributed by atoms with Crippen molar-refractivity contribution in [1.29, 1.82) is 0 Å². The number of hydrogen-bond acceptors (Lipinski definition) is 4. The second-order valence-electron chi connectivity index (χ2n) is 4.26. The number of rotatable bonds is 4. The maximum atomic E-state index is 10.9. The lowest BCUT2D eigenvalue weighted by Crippen LogP contribution is -1.98. The normalized spacial score (nSPS) is 10.2. The molecule has 0 aliphatic carbocycles. The van der Waals surface area contributed by atoms with Crippen LogP contribution >= 0.6 is 15.9 Å². The molecule has 0 spiro atoms. The maximum absolute atomic E-state index is 10.9. The third kappa shape index (κ3) is 3.38. The molecule has 0 amide bonds. The third-order valence-corrected chi connectivity index (χ3v) is 3.42. The number of ether oxygens (including phenoxy) is 1. The molecule has 2 aromatic carbocycles. The van der Waals surface area contributed by atoms with Crippen LogP contribution in [-0.4, -0.2) is 16.0 Å². The van der Waals surface area contributed by atoms with Gasteiger partial charge in [0.2, 0.25) is 0 Å². The number of halogens is 1. The zero-order valence-electron chi connectivity index (χ0n) is 10.9. The van der Waals surface area contributed by atoms with Crippen molar-refractivity contribution in [3.63, 3.8) is 0 Å². The van der Waals surface area contributed by atoms with Gasteiger partial charge in [-0.15, -0.1) is 0 Å². The van der Waals surface area contributed by atoms with E-state index in [-0.39, 0.29) is 17.0 Å². The number of carboxylic acids is 1. The molecule has 0 unspecified atom stereocenters. The quantitative estimate of drug-likeness (QED) is 0.659. The fourth-order valence-electron chi connectivity index (χ4n) is 1.70. The standard InChI is InChI=1S/C14H10BrNO5/c1-8-6-9(14(17)18)2-5-12(8)21-13-7-10(16(19)20)3-4-11(13)15/h2-7H,1H3,(H,17,18).